The van der Waals surface area contributed by atoms with Crippen LogP contribution in [-0.4, -0.2) is 23.8 Å². The molecule has 0 bridgehead atoms. The lowest BCUT2D eigenvalue weighted by atomic mass is 10.0. The van der Waals surface area contributed by atoms with Crippen molar-refractivity contribution in [3.8, 4) is 0 Å². The van der Waals surface area contributed by atoms with Crippen LogP contribution in [0.5, 0.6) is 0 Å². The van der Waals surface area contributed by atoms with Gasteiger partial charge < -0.3 is 5.32 Å². The first kappa shape index (κ1) is 17.4. The van der Waals surface area contributed by atoms with Gasteiger partial charge in [-0.15, -0.1) is 6.58 Å². The molecule has 0 aromatic rings. The molecule has 1 heterocycles. The molecule has 1 saturated heterocycles. The van der Waals surface area contributed by atoms with Crippen LogP contribution in [0.2, 0.25) is 0 Å². The van der Waals surface area contributed by atoms with Crippen LogP contribution in [0.3, 0.4) is 0 Å². The maximum Gasteiger partial charge on any atom is 0.228 e. The van der Waals surface area contributed by atoms with E-state index >= 15 is 0 Å². The average molecular weight is 294 g/mol. The van der Waals surface area contributed by atoms with E-state index < -0.39 is 0 Å². The first-order chi connectivity index (χ1) is 10.1. The molecule has 1 rings (SSSR count). The second-order valence-electron chi connectivity index (χ2n) is 5.59. The summed E-state index contributed by atoms with van der Waals surface area (Å²) in [7, 11) is 0. The highest BCUT2D eigenvalue weighted by molar-refractivity contribution is 5.98. The molecule has 1 fully saturated rings. The minimum absolute atomic E-state index is 0.0610. The SMILES string of the molecule is C=CCCCCCCCCC(=O)NC1CC(=O)NC(=O)C1. The van der Waals surface area contributed by atoms with Crippen molar-refractivity contribution in [2.24, 2.45) is 0 Å². The maximum absolute atomic E-state index is 11.7. The Morgan fingerprint density at radius 3 is 2.29 bits per heavy atom. The molecule has 1 aliphatic rings. The molecule has 0 spiro atoms. The van der Waals surface area contributed by atoms with E-state index in [0.717, 1.165) is 25.7 Å². The van der Waals surface area contributed by atoms with E-state index in [2.05, 4.69) is 17.2 Å². The summed E-state index contributed by atoms with van der Waals surface area (Å²) in [4.78, 5) is 34.1. The number of rotatable bonds is 10. The summed E-state index contributed by atoms with van der Waals surface area (Å²) in [5.74, 6) is -0.679. The van der Waals surface area contributed by atoms with Gasteiger partial charge in [0.15, 0.2) is 0 Å². The van der Waals surface area contributed by atoms with Crippen molar-refractivity contribution in [1.29, 1.82) is 0 Å². The predicted octanol–water partition coefficient (Wildman–Crippen LogP) is 2.21. The molecule has 0 unspecified atom stereocenters. The topological polar surface area (TPSA) is 75.3 Å². The summed E-state index contributed by atoms with van der Waals surface area (Å²) in [6.07, 6.45) is 10.6. The lowest BCUT2D eigenvalue weighted by Gasteiger charge is -2.21. The Balaban J connectivity index is 2.02. The van der Waals surface area contributed by atoms with Crippen LogP contribution in [-0.2, 0) is 14.4 Å². The van der Waals surface area contributed by atoms with Crippen LogP contribution in [0.1, 0.15) is 64.2 Å². The molecule has 0 aromatic carbocycles. The Labute approximate surface area is 126 Å². The molecule has 5 nitrogen and oxygen atoms in total. The Morgan fingerprint density at radius 2 is 1.67 bits per heavy atom. The zero-order valence-electron chi connectivity index (χ0n) is 12.7. The number of allylic oxidation sites excluding steroid dienone is 1. The van der Waals surface area contributed by atoms with Gasteiger partial charge in [0.1, 0.15) is 0 Å². The van der Waals surface area contributed by atoms with Gasteiger partial charge in [-0.25, -0.2) is 0 Å². The van der Waals surface area contributed by atoms with Gasteiger partial charge in [0.05, 0.1) is 0 Å². The molecule has 2 N–H and O–H groups in total. The van der Waals surface area contributed by atoms with Crippen molar-refractivity contribution < 1.29 is 14.4 Å². The van der Waals surface area contributed by atoms with E-state index in [-0.39, 0.29) is 36.6 Å². The normalized spacial score (nSPS) is 15.6. The van der Waals surface area contributed by atoms with Gasteiger partial charge in [0.2, 0.25) is 17.7 Å². The minimum atomic E-state index is -0.336. The van der Waals surface area contributed by atoms with Gasteiger partial charge in [-0.1, -0.05) is 31.8 Å². The minimum Gasteiger partial charge on any atom is -0.352 e. The smallest absolute Gasteiger partial charge is 0.228 e. The molecule has 0 saturated carbocycles. The summed E-state index contributed by atoms with van der Waals surface area (Å²) in [5.41, 5.74) is 0. The van der Waals surface area contributed by atoms with E-state index in [1.807, 2.05) is 6.08 Å². The lowest BCUT2D eigenvalue weighted by Crippen LogP contribution is -2.48. The van der Waals surface area contributed by atoms with Crippen molar-refractivity contribution >= 4 is 17.7 Å². The summed E-state index contributed by atoms with van der Waals surface area (Å²) < 4.78 is 0. The highest BCUT2D eigenvalue weighted by Gasteiger charge is 2.25. The third-order valence-corrected chi connectivity index (χ3v) is 3.57. The molecule has 0 aliphatic carbocycles. The van der Waals surface area contributed by atoms with Gasteiger partial charge in [-0.05, 0) is 19.3 Å². The lowest BCUT2D eigenvalue weighted by molar-refractivity contribution is -0.134. The zero-order valence-corrected chi connectivity index (χ0v) is 12.7. The number of imide groups is 1. The fraction of sp³-hybridized carbons (Fsp3) is 0.688. The van der Waals surface area contributed by atoms with Crippen LogP contribution >= 0.6 is 0 Å². The Bertz CT molecular complexity index is 364. The highest BCUT2D eigenvalue weighted by atomic mass is 16.2. The number of carbonyl (C=O) groups is 3. The Hall–Kier alpha value is -1.65. The van der Waals surface area contributed by atoms with E-state index in [1.54, 1.807) is 0 Å². The third-order valence-electron chi connectivity index (χ3n) is 3.57. The van der Waals surface area contributed by atoms with E-state index in [9.17, 15) is 14.4 Å². The Kier molecular flexibility index (Phi) is 8.40. The van der Waals surface area contributed by atoms with Gasteiger partial charge in [0.25, 0.3) is 0 Å². The van der Waals surface area contributed by atoms with Gasteiger partial charge in [-0.2, -0.15) is 0 Å². The fourth-order valence-electron chi connectivity index (χ4n) is 2.46. The molecule has 118 valence electrons. The molecule has 1 aliphatic heterocycles. The highest BCUT2D eigenvalue weighted by Crippen LogP contribution is 2.10. The average Bonchev–Trinajstić information content (AvgIpc) is 2.40. The van der Waals surface area contributed by atoms with Crippen molar-refractivity contribution in [1.82, 2.24) is 10.6 Å². The first-order valence-electron chi connectivity index (χ1n) is 7.84. The van der Waals surface area contributed by atoms with Crippen LogP contribution in [0.15, 0.2) is 12.7 Å². The molecule has 0 aromatic heterocycles. The van der Waals surface area contributed by atoms with Gasteiger partial charge in [0, 0.05) is 25.3 Å². The number of piperidine rings is 1. The second-order valence-corrected chi connectivity index (χ2v) is 5.59. The standard InChI is InChI=1S/C16H26N2O3/c1-2-3-4-5-6-7-8-9-10-14(19)17-13-11-15(20)18-16(21)12-13/h2,13H,1,3-12H2,(H,17,19)(H,18,20,21). The maximum atomic E-state index is 11.7. The fourth-order valence-corrected chi connectivity index (χ4v) is 2.46. The van der Waals surface area contributed by atoms with Gasteiger partial charge >= 0.3 is 0 Å². The number of amides is 3. The second kappa shape index (κ2) is 10.1. The zero-order chi connectivity index (χ0) is 15.5. The Morgan fingerprint density at radius 1 is 1.10 bits per heavy atom. The van der Waals surface area contributed by atoms with Crippen molar-refractivity contribution in [2.75, 3.05) is 0 Å². The molecular weight excluding hydrogens is 268 g/mol. The van der Waals surface area contributed by atoms with Gasteiger partial charge in [-0.3, -0.25) is 19.7 Å². The number of nitrogens with one attached hydrogen (secondary N) is 2. The summed E-state index contributed by atoms with van der Waals surface area (Å²) in [6, 6.07) is -0.336. The van der Waals surface area contributed by atoms with Crippen molar-refractivity contribution in [2.45, 2.75) is 70.3 Å². The van der Waals surface area contributed by atoms with Crippen LogP contribution in [0, 0.1) is 0 Å². The number of hydrogen-bond donors (Lipinski definition) is 2. The summed E-state index contributed by atoms with van der Waals surface area (Å²) in [5, 5.41) is 4.99. The molecular formula is C16H26N2O3. The molecule has 0 radical (unpaired) electrons. The van der Waals surface area contributed by atoms with E-state index in [4.69, 9.17) is 0 Å². The third kappa shape index (κ3) is 8.27. The predicted molar refractivity (Wildman–Crippen MR) is 81.4 cm³/mol. The number of unbranched alkanes of at least 4 members (excludes halogenated alkanes) is 6. The quantitative estimate of drug-likeness (QED) is 0.368. The summed E-state index contributed by atoms with van der Waals surface area (Å²) >= 11 is 0. The van der Waals surface area contributed by atoms with E-state index in [1.165, 1.54) is 19.3 Å². The number of hydrogen-bond acceptors (Lipinski definition) is 3. The monoisotopic (exact) mass is 294 g/mol. The van der Waals surface area contributed by atoms with Crippen molar-refractivity contribution in [3.63, 3.8) is 0 Å². The van der Waals surface area contributed by atoms with Crippen LogP contribution < -0.4 is 10.6 Å². The molecule has 21 heavy (non-hydrogen) atoms. The van der Waals surface area contributed by atoms with E-state index in [0.29, 0.717) is 6.42 Å². The molecule has 5 heteroatoms. The van der Waals surface area contributed by atoms with Crippen LogP contribution in [0.25, 0.3) is 0 Å². The van der Waals surface area contributed by atoms with Crippen molar-refractivity contribution in [3.05, 3.63) is 12.7 Å². The first-order valence-corrected chi connectivity index (χ1v) is 7.84. The van der Waals surface area contributed by atoms with Crippen LogP contribution in [0.4, 0.5) is 0 Å². The number of carbonyl (C=O) groups excluding carboxylic acids is 3. The largest absolute Gasteiger partial charge is 0.352 e. The summed E-state index contributed by atoms with van der Waals surface area (Å²) in [6.45, 7) is 3.69. The molecule has 3 amide bonds. The molecule has 0 atom stereocenters.